The Balaban J connectivity index is 1.53. The summed E-state index contributed by atoms with van der Waals surface area (Å²) in [5.74, 6) is 1.42. The Bertz CT molecular complexity index is 605. The SMILES string of the molecule is CC(C)CCNC(=O)C1(C(=O)N2CCN(c3ccccn3)CC2)CC1. The Kier molecular flexibility index (Phi) is 5.25. The summed E-state index contributed by atoms with van der Waals surface area (Å²) < 4.78 is 0. The van der Waals surface area contributed by atoms with Crippen molar-refractivity contribution in [3.8, 4) is 0 Å². The van der Waals surface area contributed by atoms with Crippen LogP contribution in [0.25, 0.3) is 0 Å². The highest BCUT2D eigenvalue weighted by molar-refractivity contribution is 6.07. The van der Waals surface area contributed by atoms with Crippen LogP contribution < -0.4 is 10.2 Å². The summed E-state index contributed by atoms with van der Waals surface area (Å²) >= 11 is 0. The quantitative estimate of drug-likeness (QED) is 0.798. The highest BCUT2D eigenvalue weighted by atomic mass is 16.2. The van der Waals surface area contributed by atoms with Crippen LogP contribution >= 0.6 is 0 Å². The number of carbonyl (C=O) groups excluding carboxylic acids is 2. The van der Waals surface area contributed by atoms with E-state index in [1.807, 2.05) is 23.1 Å². The van der Waals surface area contributed by atoms with E-state index in [2.05, 4.69) is 29.0 Å². The zero-order valence-electron chi connectivity index (χ0n) is 15.2. The Morgan fingerprint density at radius 3 is 2.48 bits per heavy atom. The maximum atomic E-state index is 12.9. The summed E-state index contributed by atoms with van der Waals surface area (Å²) in [6.07, 6.45) is 4.09. The minimum absolute atomic E-state index is 0.00946. The van der Waals surface area contributed by atoms with Crippen molar-refractivity contribution in [2.75, 3.05) is 37.6 Å². The highest BCUT2D eigenvalue weighted by Crippen LogP contribution is 2.47. The van der Waals surface area contributed by atoms with Crippen molar-refractivity contribution in [3.63, 3.8) is 0 Å². The van der Waals surface area contributed by atoms with Gasteiger partial charge in [-0.15, -0.1) is 0 Å². The van der Waals surface area contributed by atoms with Gasteiger partial charge in [-0.1, -0.05) is 19.9 Å². The third-order valence-electron chi connectivity index (χ3n) is 5.14. The number of hydrogen-bond donors (Lipinski definition) is 1. The maximum absolute atomic E-state index is 12.9. The lowest BCUT2D eigenvalue weighted by atomic mass is 10.0. The molecule has 0 bridgehead atoms. The van der Waals surface area contributed by atoms with Crippen LogP contribution in [0, 0.1) is 11.3 Å². The molecule has 2 heterocycles. The van der Waals surface area contributed by atoms with E-state index < -0.39 is 5.41 Å². The van der Waals surface area contributed by atoms with E-state index in [9.17, 15) is 9.59 Å². The van der Waals surface area contributed by atoms with Gasteiger partial charge in [0.05, 0.1) is 0 Å². The molecule has 25 heavy (non-hydrogen) atoms. The Labute approximate surface area is 149 Å². The van der Waals surface area contributed by atoms with Crippen LogP contribution in [0.2, 0.25) is 0 Å². The Morgan fingerprint density at radius 2 is 1.92 bits per heavy atom. The minimum atomic E-state index is -0.788. The fourth-order valence-electron chi connectivity index (χ4n) is 3.29. The molecular weight excluding hydrogens is 316 g/mol. The molecule has 6 nitrogen and oxygen atoms in total. The summed E-state index contributed by atoms with van der Waals surface area (Å²) in [5.41, 5.74) is -0.788. The number of hydrogen-bond acceptors (Lipinski definition) is 4. The molecule has 0 aromatic carbocycles. The molecule has 1 aliphatic carbocycles. The largest absolute Gasteiger partial charge is 0.355 e. The highest BCUT2D eigenvalue weighted by Gasteiger charge is 2.58. The number of carbonyl (C=O) groups is 2. The lowest BCUT2D eigenvalue weighted by Crippen LogP contribution is -2.53. The number of anilines is 1. The van der Waals surface area contributed by atoms with Gasteiger partial charge in [0.1, 0.15) is 11.2 Å². The first-order valence-corrected chi connectivity index (χ1v) is 9.26. The predicted octanol–water partition coefficient (Wildman–Crippen LogP) is 1.67. The van der Waals surface area contributed by atoms with Crippen LogP contribution in [0.5, 0.6) is 0 Å². The second-order valence-corrected chi connectivity index (χ2v) is 7.49. The summed E-state index contributed by atoms with van der Waals surface area (Å²) in [6.45, 7) is 7.73. The van der Waals surface area contributed by atoms with Gasteiger partial charge in [0.25, 0.3) is 0 Å². The lowest BCUT2D eigenvalue weighted by molar-refractivity contribution is -0.144. The number of nitrogens with zero attached hydrogens (tertiary/aromatic N) is 3. The van der Waals surface area contributed by atoms with E-state index in [0.29, 0.717) is 38.4 Å². The van der Waals surface area contributed by atoms with E-state index >= 15 is 0 Å². The number of rotatable bonds is 6. The van der Waals surface area contributed by atoms with Crippen molar-refractivity contribution >= 4 is 17.6 Å². The molecule has 2 aliphatic rings. The van der Waals surface area contributed by atoms with Crippen LogP contribution in [0.1, 0.15) is 33.1 Å². The van der Waals surface area contributed by atoms with E-state index in [-0.39, 0.29) is 11.8 Å². The first-order chi connectivity index (χ1) is 12.0. The van der Waals surface area contributed by atoms with Gasteiger partial charge >= 0.3 is 0 Å². The molecule has 136 valence electrons. The summed E-state index contributed by atoms with van der Waals surface area (Å²) in [4.78, 5) is 33.8. The molecule has 1 aromatic rings. The third-order valence-corrected chi connectivity index (χ3v) is 5.14. The number of nitrogens with one attached hydrogen (secondary N) is 1. The van der Waals surface area contributed by atoms with Crippen LogP contribution in [0.3, 0.4) is 0 Å². The Morgan fingerprint density at radius 1 is 1.20 bits per heavy atom. The molecule has 1 saturated heterocycles. The normalized spacial score (nSPS) is 19.0. The summed E-state index contributed by atoms with van der Waals surface area (Å²) in [5, 5.41) is 2.96. The molecule has 0 unspecified atom stereocenters. The van der Waals surface area contributed by atoms with E-state index in [0.717, 1.165) is 25.3 Å². The van der Waals surface area contributed by atoms with Crippen LogP contribution in [0.15, 0.2) is 24.4 Å². The first-order valence-electron chi connectivity index (χ1n) is 9.26. The van der Waals surface area contributed by atoms with Crippen molar-refractivity contribution in [2.24, 2.45) is 11.3 Å². The molecule has 1 aliphatic heterocycles. The monoisotopic (exact) mass is 344 g/mol. The molecular formula is C19H28N4O2. The van der Waals surface area contributed by atoms with E-state index in [1.165, 1.54) is 0 Å². The van der Waals surface area contributed by atoms with Crippen molar-refractivity contribution in [1.82, 2.24) is 15.2 Å². The number of piperazine rings is 1. The van der Waals surface area contributed by atoms with Crippen molar-refractivity contribution in [1.29, 1.82) is 0 Å². The van der Waals surface area contributed by atoms with Crippen LogP contribution in [-0.2, 0) is 9.59 Å². The predicted molar refractivity (Wildman–Crippen MR) is 97.2 cm³/mol. The molecule has 2 amide bonds. The second kappa shape index (κ2) is 7.42. The molecule has 0 spiro atoms. The van der Waals surface area contributed by atoms with Gasteiger partial charge in [0, 0.05) is 38.9 Å². The molecule has 1 N–H and O–H groups in total. The molecule has 6 heteroatoms. The molecule has 1 aromatic heterocycles. The van der Waals surface area contributed by atoms with Crippen molar-refractivity contribution in [3.05, 3.63) is 24.4 Å². The fraction of sp³-hybridized carbons (Fsp3) is 0.632. The van der Waals surface area contributed by atoms with Gasteiger partial charge in [-0.3, -0.25) is 9.59 Å². The number of amides is 2. The van der Waals surface area contributed by atoms with Crippen molar-refractivity contribution < 1.29 is 9.59 Å². The minimum Gasteiger partial charge on any atom is -0.355 e. The topological polar surface area (TPSA) is 65.5 Å². The standard InChI is InChI=1S/C19H28N4O2/c1-15(2)6-10-21-17(24)19(7-8-19)18(25)23-13-11-22(12-14-23)16-5-3-4-9-20-16/h3-5,9,15H,6-8,10-14H2,1-2H3,(H,21,24). The smallest absolute Gasteiger partial charge is 0.238 e. The summed E-state index contributed by atoms with van der Waals surface area (Å²) in [7, 11) is 0. The van der Waals surface area contributed by atoms with Gasteiger partial charge in [-0.2, -0.15) is 0 Å². The number of pyridine rings is 1. The molecule has 3 rings (SSSR count). The van der Waals surface area contributed by atoms with E-state index in [1.54, 1.807) is 6.20 Å². The van der Waals surface area contributed by atoms with Gasteiger partial charge in [0.15, 0.2) is 0 Å². The second-order valence-electron chi connectivity index (χ2n) is 7.49. The fourth-order valence-corrected chi connectivity index (χ4v) is 3.29. The maximum Gasteiger partial charge on any atom is 0.238 e. The van der Waals surface area contributed by atoms with Crippen LogP contribution in [-0.4, -0.2) is 54.4 Å². The molecule has 2 fully saturated rings. The molecule has 0 atom stereocenters. The molecule has 1 saturated carbocycles. The average molecular weight is 344 g/mol. The molecule has 0 radical (unpaired) electrons. The average Bonchev–Trinajstić information content (AvgIpc) is 3.43. The van der Waals surface area contributed by atoms with Crippen molar-refractivity contribution in [2.45, 2.75) is 33.1 Å². The number of aromatic nitrogens is 1. The Hall–Kier alpha value is -2.11. The van der Waals surface area contributed by atoms with Gasteiger partial charge in [-0.25, -0.2) is 4.98 Å². The van der Waals surface area contributed by atoms with Gasteiger partial charge in [0.2, 0.25) is 11.8 Å². The summed E-state index contributed by atoms with van der Waals surface area (Å²) in [6, 6.07) is 5.86. The zero-order chi connectivity index (χ0) is 17.9. The van der Waals surface area contributed by atoms with Gasteiger partial charge < -0.3 is 15.1 Å². The van der Waals surface area contributed by atoms with Gasteiger partial charge in [-0.05, 0) is 37.3 Å². The van der Waals surface area contributed by atoms with E-state index in [4.69, 9.17) is 0 Å². The third kappa shape index (κ3) is 3.94. The first kappa shape index (κ1) is 17.7. The zero-order valence-corrected chi connectivity index (χ0v) is 15.2. The lowest BCUT2D eigenvalue weighted by Gasteiger charge is -2.36. The van der Waals surface area contributed by atoms with Crippen LogP contribution in [0.4, 0.5) is 5.82 Å².